The minimum atomic E-state index is -4.35. The van der Waals surface area contributed by atoms with Gasteiger partial charge in [0, 0.05) is 16.3 Å². The molecule has 3 N–H and O–H groups in total. The van der Waals surface area contributed by atoms with E-state index in [4.69, 9.17) is 0 Å². The van der Waals surface area contributed by atoms with Gasteiger partial charge in [0.1, 0.15) is 9.80 Å². The van der Waals surface area contributed by atoms with Gasteiger partial charge in [-0.25, -0.2) is 9.20 Å². The number of nitrogens with zero attached hydrogens (tertiary/aromatic N) is 1. The van der Waals surface area contributed by atoms with Crippen LogP contribution in [0.2, 0.25) is 0 Å². The smallest absolute Gasteiger partial charge is 0.294 e. The lowest BCUT2D eigenvalue weighted by Crippen LogP contribution is -2.00. The van der Waals surface area contributed by atoms with Gasteiger partial charge in [-0.1, -0.05) is 66.7 Å². The summed E-state index contributed by atoms with van der Waals surface area (Å²) in [4.78, 5) is 4.88. The number of rotatable bonds is 10. The zero-order chi connectivity index (χ0) is 36.2. The fourth-order valence-corrected chi connectivity index (χ4v) is 6.99. The maximum Gasteiger partial charge on any atom is 0.294 e. The van der Waals surface area contributed by atoms with Gasteiger partial charge in [-0.3, -0.25) is 8.76 Å². The second-order valence-corrected chi connectivity index (χ2v) is 15.7. The molecule has 5 aromatic rings. The molecule has 0 saturated heterocycles. The first-order chi connectivity index (χ1) is 24.3. The van der Waals surface area contributed by atoms with Crippen molar-refractivity contribution in [3.05, 3.63) is 173 Å². The van der Waals surface area contributed by atoms with Gasteiger partial charge in [-0.2, -0.15) is 8.42 Å². The van der Waals surface area contributed by atoms with Crippen LogP contribution in [0, 0.1) is 0 Å². The van der Waals surface area contributed by atoms with Gasteiger partial charge in [-0.05, 0) is 136 Å². The van der Waals surface area contributed by atoms with E-state index in [1.807, 2.05) is 78.9 Å². The first-order valence-corrected chi connectivity index (χ1v) is 19.6. The van der Waals surface area contributed by atoms with Crippen molar-refractivity contribution in [1.82, 2.24) is 0 Å². The third kappa shape index (κ3) is 9.13. The lowest BCUT2D eigenvalue weighted by molar-refractivity contribution is 0.483. The van der Waals surface area contributed by atoms with Crippen LogP contribution in [-0.4, -0.2) is 42.1 Å². The summed E-state index contributed by atoms with van der Waals surface area (Å²) in [5, 5.41) is 3.18. The highest BCUT2D eigenvalue weighted by molar-refractivity contribution is 7.95. The van der Waals surface area contributed by atoms with E-state index in [0.717, 1.165) is 33.4 Å². The van der Waals surface area contributed by atoms with Crippen molar-refractivity contribution in [1.29, 1.82) is 0 Å². The summed E-state index contributed by atoms with van der Waals surface area (Å²) in [6.07, 6.45) is 8.26. The average molecular weight is 736 g/mol. The number of hydrogen-bond acceptors (Lipinski definition) is 7. The Morgan fingerprint density at radius 2 is 1.31 bits per heavy atom. The lowest BCUT2D eigenvalue weighted by Gasteiger charge is -2.16. The van der Waals surface area contributed by atoms with Crippen LogP contribution in [0.15, 0.2) is 171 Å². The van der Waals surface area contributed by atoms with Gasteiger partial charge in [0.2, 0.25) is 0 Å². The van der Waals surface area contributed by atoms with Crippen molar-refractivity contribution in [2.45, 2.75) is 21.1 Å². The van der Waals surface area contributed by atoms with Crippen LogP contribution in [0.3, 0.4) is 0 Å². The molecule has 9 nitrogen and oxygen atoms in total. The number of allylic oxidation sites excluding steroid dienone is 5. The molecule has 0 fully saturated rings. The second-order valence-electron chi connectivity index (χ2n) is 11.6. The third-order valence-electron chi connectivity index (χ3n) is 7.96. The Balaban J connectivity index is 1.31. The summed E-state index contributed by atoms with van der Waals surface area (Å²) in [6.45, 7) is 0. The minimum Gasteiger partial charge on any atom is -0.768 e. The standard InChI is InChI=1S/C39H32N2O7S3/c1-50(44,45)37-6-2-4-28(25-37)24-27-8-10-29(11-9-27)39(30-12-16-32(17-13-30)40-34-20-22-36(23-21-34)49(42)43)31-14-18-33(19-15-31)41-35-5-3-7-38(26-35)51(46,47)48/h2-23,25-26,41H,1,24H2,(H,42,43)(H,44,45)(H,46,47,48)/p-1. The topological polar surface area (TPSA) is 156 Å². The predicted molar refractivity (Wildman–Crippen MR) is 203 cm³/mol. The summed E-state index contributed by atoms with van der Waals surface area (Å²) in [5.74, 6) is 3.37. The van der Waals surface area contributed by atoms with Gasteiger partial charge in [0.05, 0.1) is 21.2 Å². The average Bonchev–Trinajstić information content (AvgIpc) is 3.10. The SMILES string of the molecule is C=S(=O)(O)c1cccc(Cc2ccc(C(=C3C=CC(=Nc4ccc(S(=O)[O-])cc4)C=C3)c3ccc(Nc4cccc(S(=O)(=O)O)c4)cc3)cc2)c1. The molecule has 2 unspecified atom stereocenters. The fraction of sp³-hybridized carbons (Fsp3) is 0.0256. The van der Waals surface area contributed by atoms with E-state index in [1.54, 1.807) is 36.4 Å². The molecule has 6 rings (SSSR count). The molecule has 0 amide bonds. The Labute approximate surface area is 299 Å². The molecule has 12 heteroatoms. The summed E-state index contributed by atoms with van der Waals surface area (Å²) in [5.41, 5.74) is 8.11. The summed E-state index contributed by atoms with van der Waals surface area (Å²) in [7, 11) is -7.67. The highest BCUT2D eigenvalue weighted by atomic mass is 32.2. The van der Waals surface area contributed by atoms with E-state index in [9.17, 15) is 30.5 Å². The predicted octanol–water partition coefficient (Wildman–Crippen LogP) is 7.75. The summed E-state index contributed by atoms with van der Waals surface area (Å²) >= 11 is -2.31. The first kappa shape index (κ1) is 35.6. The van der Waals surface area contributed by atoms with E-state index in [2.05, 4.69) is 16.2 Å². The summed E-state index contributed by atoms with van der Waals surface area (Å²) < 4.78 is 77.1. The molecule has 0 aromatic heterocycles. The van der Waals surface area contributed by atoms with Crippen molar-refractivity contribution in [3.63, 3.8) is 0 Å². The Kier molecular flexibility index (Phi) is 10.4. The van der Waals surface area contributed by atoms with Crippen LogP contribution in [0.1, 0.15) is 22.3 Å². The molecule has 0 bridgehead atoms. The van der Waals surface area contributed by atoms with Crippen molar-refractivity contribution < 1.29 is 30.5 Å². The molecule has 0 saturated carbocycles. The molecule has 258 valence electrons. The van der Waals surface area contributed by atoms with E-state index < -0.39 is 31.0 Å². The maximum atomic E-state index is 12.1. The number of benzene rings is 5. The lowest BCUT2D eigenvalue weighted by atomic mass is 9.90. The highest BCUT2D eigenvalue weighted by Crippen LogP contribution is 2.32. The van der Waals surface area contributed by atoms with E-state index >= 15 is 0 Å². The van der Waals surface area contributed by atoms with Gasteiger partial charge in [0.15, 0.2) is 0 Å². The molecule has 0 spiro atoms. The van der Waals surface area contributed by atoms with Crippen LogP contribution in [-0.2, 0) is 37.4 Å². The van der Waals surface area contributed by atoms with Gasteiger partial charge in [0.25, 0.3) is 10.1 Å². The quantitative estimate of drug-likeness (QED) is 0.0747. The van der Waals surface area contributed by atoms with Gasteiger partial charge >= 0.3 is 0 Å². The monoisotopic (exact) mass is 735 g/mol. The molecule has 0 heterocycles. The molecule has 1 aliphatic rings. The molecule has 5 aromatic carbocycles. The van der Waals surface area contributed by atoms with Crippen LogP contribution >= 0.6 is 0 Å². The van der Waals surface area contributed by atoms with Crippen molar-refractivity contribution in [2.24, 2.45) is 4.99 Å². The fourth-order valence-electron chi connectivity index (χ4n) is 5.48. The van der Waals surface area contributed by atoms with Crippen molar-refractivity contribution >= 4 is 65.2 Å². The Bertz CT molecular complexity index is 2330. The highest BCUT2D eigenvalue weighted by Gasteiger charge is 2.14. The zero-order valence-electron chi connectivity index (χ0n) is 26.9. The third-order valence-corrected chi connectivity index (χ3v) is 10.5. The minimum absolute atomic E-state index is 0.185. The Morgan fingerprint density at radius 3 is 1.92 bits per heavy atom. The van der Waals surface area contributed by atoms with Crippen molar-refractivity contribution in [2.75, 3.05) is 5.32 Å². The van der Waals surface area contributed by atoms with Crippen molar-refractivity contribution in [3.8, 4) is 0 Å². The molecule has 51 heavy (non-hydrogen) atoms. The molecule has 0 radical (unpaired) electrons. The van der Waals surface area contributed by atoms with E-state index in [-0.39, 0.29) is 14.7 Å². The van der Waals surface area contributed by atoms with Gasteiger partial charge in [-0.15, -0.1) is 0 Å². The molecular weight excluding hydrogens is 705 g/mol. The largest absolute Gasteiger partial charge is 0.768 e. The maximum absolute atomic E-state index is 12.1. The van der Waals surface area contributed by atoms with Crippen LogP contribution in [0.25, 0.3) is 5.57 Å². The molecule has 0 aliphatic heterocycles. The molecular formula is C39H31N2O7S3-. The summed E-state index contributed by atoms with van der Waals surface area (Å²) in [6, 6.07) is 34.9. The van der Waals surface area contributed by atoms with Crippen LogP contribution in [0.5, 0.6) is 0 Å². The Hall–Kier alpha value is -5.21. The molecule has 1 aliphatic carbocycles. The first-order valence-electron chi connectivity index (χ1n) is 15.4. The van der Waals surface area contributed by atoms with E-state index in [1.165, 1.54) is 30.3 Å². The number of aliphatic imine (C=N–C) groups is 1. The van der Waals surface area contributed by atoms with Gasteiger partial charge < -0.3 is 14.4 Å². The molecule has 2 atom stereocenters. The number of nitrogens with one attached hydrogen (secondary N) is 1. The number of anilines is 2. The van der Waals surface area contributed by atoms with Crippen LogP contribution in [0.4, 0.5) is 17.1 Å². The Morgan fingerprint density at radius 1 is 0.706 bits per heavy atom. The normalized spacial score (nSPS) is 14.5. The second kappa shape index (κ2) is 15.0. The van der Waals surface area contributed by atoms with E-state index in [0.29, 0.717) is 29.2 Å². The number of hydrogen-bond donors (Lipinski definition) is 3. The van der Waals surface area contributed by atoms with Crippen LogP contribution < -0.4 is 5.32 Å². The zero-order valence-corrected chi connectivity index (χ0v) is 29.3.